The SMILES string of the molecule is CCC(NC(CO)COC)c1ccc(Cl)cc1Cl. The topological polar surface area (TPSA) is 41.5 Å². The van der Waals surface area contributed by atoms with Crippen LogP contribution in [0.25, 0.3) is 0 Å². The number of methoxy groups -OCH3 is 1. The van der Waals surface area contributed by atoms with Gasteiger partial charge in [0, 0.05) is 23.2 Å². The molecule has 5 heteroatoms. The lowest BCUT2D eigenvalue weighted by atomic mass is 10.0. The Morgan fingerprint density at radius 3 is 2.61 bits per heavy atom. The molecule has 0 fully saturated rings. The Labute approximate surface area is 118 Å². The van der Waals surface area contributed by atoms with Gasteiger partial charge >= 0.3 is 0 Å². The van der Waals surface area contributed by atoms with Gasteiger partial charge in [0.2, 0.25) is 0 Å². The van der Waals surface area contributed by atoms with Crippen LogP contribution >= 0.6 is 23.2 Å². The normalized spacial score (nSPS) is 14.5. The summed E-state index contributed by atoms with van der Waals surface area (Å²) in [5, 5.41) is 13.8. The monoisotopic (exact) mass is 291 g/mol. The molecule has 0 aliphatic heterocycles. The van der Waals surface area contributed by atoms with E-state index in [-0.39, 0.29) is 18.7 Å². The Hall–Kier alpha value is -0.320. The molecule has 2 atom stereocenters. The zero-order valence-electron chi connectivity index (χ0n) is 10.6. The van der Waals surface area contributed by atoms with Gasteiger partial charge in [0.05, 0.1) is 19.3 Å². The third kappa shape index (κ3) is 4.41. The van der Waals surface area contributed by atoms with E-state index in [1.54, 1.807) is 13.2 Å². The highest BCUT2D eigenvalue weighted by atomic mass is 35.5. The second-order valence-electron chi connectivity index (χ2n) is 4.13. The molecular weight excluding hydrogens is 273 g/mol. The fourth-order valence-corrected chi connectivity index (χ4v) is 2.39. The van der Waals surface area contributed by atoms with Crippen molar-refractivity contribution in [2.24, 2.45) is 0 Å². The maximum absolute atomic E-state index is 9.27. The van der Waals surface area contributed by atoms with Gasteiger partial charge in [-0.25, -0.2) is 0 Å². The smallest absolute Gasteiger partial charge is 0.0638 e. The highest BCUT2D eigenvalue weighted by Gasteiger charge is 2.17. The third-order valence-electron chi connectivity index (χ3n) is 2.77. The molecule has 0 aromatic heterocycles. The fourth-order valence-electron chi connectivity index (χ4n) is 1.85. The van der Waals surface area contributed by atoms with Crippen LogP contribution in [-0.4, -0.2) is 31.5 Å². The van der Waals surface area contributed by atoms with Gasteiger partial charge in [-0.05, 0) is 24.1 Å². The van der Waals surface area contributed by atoms with Crippen LogP contribution in [0, 0.1) is 0 Å². The Bertz CT molecular complexity index is 374. The molecule has 2 N–H and O–H groups in total. The molecule has 0 saturated carbocycles. The number of rotatable bonds is 7. The van der Waals surface area contributed by atoms with Crippen LogP contribution in [0.5, 0.6) is 0 Å². The molecule has 102 valence electrons. The molecule has 1 rings (SSSR count). The lowest BCUT2D eigenvalue weighted by Gasteiger charge is -2.24. The maximum atomic E-state index is 9.27. The molecule has 1 aromatic carbocycles. The van der Waals surface area contributed by atoms with E-state index < -0.39 is 0 Å². The van der Waals surface area contributed by atoms with Crippen molar-refractivity contribution in [3.63, 3.8) is 0 Å². The summed E-state index contributed by atoms with van der Waals surface area (Å²) in [7, 11) is 1.61. The van der Waals surface area contributed by atoms with Crippen LogP contribution in [0.3, 0.4) is 0 Å². The van der Waals surface area contributed by atoms with E-state index in [0.717, 1.165) is 12.0 Å². The minimum atomic E-state index is -0.105. The van der Waals surface area contributed by atoms with E-state index in [9.17, 15) is 5.11 Å². The summed E-state index contributed by atoms with van der Waals surface area (Å²) in [5.74, 6) is 0. The number of aliphatic hydroxyl groups is 1. The predicted octanol–water partition coefficient (Wildman–Crippen LogP) is 3.04. The van der Waals surface area contributed by atoms with Gasteiger partial charge in [0.25, 0.3) is 0 Å². The van der Waals surface area contributed by atoms with Crippen molar-refractivity contribution in [2.45, 2.75) is 25.4 Å². The minimum absolute atomic E-state index is 0.0234. The lowest BCUT2D eigenvalue weighted by Crippen LogP contribution is -2.39. The van der Waals surface area contributed by atoms with Crippen molar-refractivity contribution in [1.82, 2.24) is 5.32 Å². The van der Waals surface area contributed by atoms with Gasteiger partial charge in [-0.1, -0.05) is 36.2 Å². The summed E-state index contributed by atoms with van der Waals surface area (Å²) in [5.41, 5.74) is 0.984. The highest BCUT2D eigenvalue weighted by Crippen LogP contribution is 2.28. The van der Waals surface area contributed by atoms with Crippen LogP contribution in [0.15, 0.2) is 18.2 Å². The first-order valence-electron chi connectivity index (χ1n) is 5.93. The molecule has 2 unspecified atom stereocenters. The molecule has 0 bridgehead atoms. The first-order valence-corrected chi connectivity index (χ1v) is 6.68. The average Bonchev–Trinajstić information content (AvgIpc) is 2.35. The van der Waals surface area contributed by atoms with Gasteiger partial charge < -0.3 is 15.2 Å². The molecule has 0 aliphatic rings. The Balaban J connectivity index is 2.81. The minimum Gasteiger partial charge on any atom is -0.395 e. The van der Waals surface area contributed by atoms with E-state index in [0.29, 0.717) is 16.7 Å². The number of ether oxygens (including phenoxy) is 1. The molecule has 18 heavy (non-hydrogen) atoms. The number of hydrogen-bond donors (Lipinski definition) is 2. The van der Waals surface area contributed by atoms with Crippen LogP contribution in [0.1, 0.15) is 24.9 Å². The summed E-state index contributed by atoms with van der Waals surface area (Å²) in [6.45, 7) is 2.54. The molecule has 0 radical (unpaired) electrons. The first kappa shape index (κ1) is 15.7. The Morgan fingerprint density at radius 1 is 1.39 bits per heavy atom. The summed E-state index contributed by atoms with van der Waals surface area (Å²) >= 11 is 12.1. The van der Waals surface area contributed by atoms with Crippen LogP contribution < -0.4 is 5.32 Å². The van der Waals surface area contributed by atoms with Gasteiger partial charge in [-0.15, -0.1) is 0 Å². The Kier molecular flexibility index (Phi) is 6.97. The average molecular weight is 292 g/mol. The van der Waals surface area contributed by atoms with Crippen molar-refractivity contribution in [3.05, 3.63) is 33.8 Å². The van der Waals surface area contributed by atoms with Crippen molar-refractivity contribution >= 4 is 23.2 Å². The van der Waals surface area contributed by atoms with Crippen molar-refractivity contribution in [2.75, 3.05) is 20.3 Å². The van der Waals surface area contributed by atoms with E-state index in [1.165, 1.54) is 0 Å². The summed E-state index contributed by atoms with van der Waals surface area (Å²) in [4.78, 5) is 0. The van der Waals surface area contributed by atoms with Gasteiger partial charge in [0.15, 0.2) is 0 Å². The molecular formula is C13H19Cl2NO2. The number of aliphatic hydroxyl groups excluding tert-OH is 1. The second-order valence-corrected chi connectivity index (χ2v) is 4.97. The molecule has 1 aromatic rings. The third-order valence-corrected chi connectivity index (χ3v) is 3.33. The van der Waals surface area contributed by atoms with Crippen molar-refractivity contribution in [1.29, 1.82) is 0 Å². The Morgan fingerprint density at radius 2 is 2.11 bits per heavy atom. The van der Waals surface area contributed by atoms with Crippen molar-refractivity contribution in [3.8, 4) is 0 Å². The number of benzene rings is 1. The summed E-state index contributed by atoms with van der Waals surface area (Å²) in [6.07, 6.45) is 0.863. The number of halogens is 2. The largest absolute Gasteiger partial charge is 0.395 e. The second kappa shape index (κ2) is 7.97. The quantitative estimate of drug-likeness (QED) is 0.811. The fraction of sp³-hybridized carbons (Fsp3) is 0.538. The maximum Gasteiger partial charge on any atom is 0.0638 e. The van der Waals surface area contributed by atoms with E-state index >= 15 is 0 Å². The van der Waals surface area contributed by atoms with E-state index in [1.807, 2.05) is 12.1 Å². The van der Waals surface area contributed by atoms with Crippen molar-refractivity contribution < 1.29 is 9.84 Å². The number of nitrogens with one attached hydrogen (secondary N) is 1. The highest BCUT2D eigenvalue weighted by molar-refractivity contribution is 6.35. The zero-order chi connectivity index (χ0) is 13.5. The van der Waals surface area contributed by atoms with Crippen LogP contribution in [0.2, 0.25) is 10.0 Å². The molecule has 0 spiro atoms. The lowest BCUT2D eigenvalue weighted by molar-refractivity contribution is 0.121. The predicted molar refractivity (Wildman–Crippen MR) is 75.4 cm³/mol. The zero-order valence-corrected chi connectivity index (χ0v) is 12.1. The summed E-state index contributed by atoms with van der Waals surface area (Å²) < 4.78 is 5.05. The molecule has 0 heterocycles. The summed E-state index contributed by atoms with van der Waals surface area (Å²) in [6, 6.07) is 5.42. The standard InChI is InChI=1S/C13H19Cl2NO2/c1-3-13(16-10(7-17)8-18-2)11-5-4-9(14)6-12(11)15/h4-6,10,13,16-17H,3,7-8H2,1-2H3. The van der Waals surface area contributed by atoms with E-state index in [4.69, 9.17) is 27.9 Å². The first-order chi connectivity index (χ1) is 8.62. The van der Waals surface area contributed by atoms with Crippen LogP contribution in [-0.2, 0) is 4.74 Å². The van der Waals surface area contributed by atoms with Gasteiger partial charge in [0.1, 0.15) is 0 Å². The van der Waals surface area contributed by atoms with Gasteiger partial charge in [-0.3, -0.25) is 0 Å². The van der Waals surface area contributed by atoms with Gasteiger partial charge in [-0.2, -0.15) is 0 Å². The molecule has 0 amide bonds. The van der Waals surface area contributed by atoms with Crippen LogP contribution in [0.4, 0.5) is 0 Å². The van der Waals surface area contributed by atoms with E-state index in [2.05, 4.69) is 12.2 Å². The molecule has 0 aliphatic carbocycles. The number of hydrogen-bond acceptors (Lipinski definition) is 3. The molecule has 3 nitrogen and oxygen atoms in total. The molecule has 0 saturated heterocycles.